The normalized spacial score (nSPS) is 18.5. The van der Waals surface area contributed by atoms with Crippen LogP contribution in [0.2, 0.25) is 0 Å². The van der Waals surface area contributed by atoms with Crippen molar-refractivity contribution < 1.29 is 9.53 Å². The lowest BCUT2D eigenvalue weighted by Gasteiger charge is -2.29. The van der Waals surface area contributed by atoms with Crippen molar-refractivity contribution in [3.05, 3.63) is 81.8 Å². The maximum absolute atomic E-state index is 12.7. The van der Waals surface area contributed by atoms with Crippen LogP contribution in [0.25, 0.3) is 16.8 Å². The predicted molar refractivity (Wildman–Crippen MR) is 136 cm³/mol. The third kappa shape index (κ3) is 5.64. The van der Waals surface area contributed by atoms with E-state index >= 15 is 0 Å². The molecule has 4 nitrogen and oxygen atoms in total. The Hall–Kier alpha value is -3.10. The molecular formula is C28H27BrN2O2. The van der Waals surface area contributed by atoms with E-state index in [2.05, 4.69) is 58.5 Å². The molecule has 1 fully saturated rings. The summed E-state index contributed by atoms with van der Waals surface area (Å²) in [6.45, 7) is 2.61. The van der Waals surface area contributed by atoms with Crippen LogP contribution in [0.1, 0.15) is 43.7 Å². The highest BCUT2D eigenvalue weighted by molar-refractivity contribution is 9.10. The first-order valence-corrected chi connectivity index (χ1v) is 12.2. The second-order valence-corrected chi connectivity index (χ2v) is 9.48. The molecule has 0 saturated heterocycles. The molecule has 1 aliphatic carbocycles. The lowest BCUT2D eigenvalue weighted by Crippen LogP contribution is -2.41. The van der Waals surface area contributed by atoms with E-state index in [-0.39, 0.29) is 17.5 Å². The number of carbonyl (C=O) groups excluding carboxylic acids is 1. The Labute approximate surface area is 203 Å². The summed E-state index contributed by atoms with van der Waals surface area (Å²) in [5, 5.41) is 15.0. The molecule has 0 aromatic heterocycles. The molecule has 1 N–H and O–H groups in total. The predicted octanol–water partition coefficient (Wildman–Crippen LogP) is 6.78. The zero-order valence-electron chi connectivity index (χ0n) is 18.7. The van der Waals surface area contributed by atoms with Gasteiger partial charge in [0, 0.05) is 6.04 Å². The van der Waals surface area contributed by atoms with E-state index in [9.17, 15) is 10.1 Å². The number of halogens is 1. The van der Waals surface area contributed by atoms with E-state index < -0.39 is 0 Å². The molecule has 3 aromatic carbocycles. The second kappa shape index (κ2) is 10.7. The van der Waals surface area contributed by atoms with Crippen molar-refractivity contribution >= 4 is 38.7 Å². The average Bonchev–Trinajstić information content (AvgIpc) is 2.83. The second-order valence-electron chi connectivity index (χ2n) is 8.63. The van der Waals surface area contributed by atoms with Crippen molar-refractivity contribution in [2.24, 2.45) is 5.92 Å². The van der Waals surface area contributed by atoms with Crippen LogP contribution in [0.3, 0.4) is 0 Å². The zero-order valence-corrected chi connectivity index (χ0v) is 20.3. The lowest BCUT2D eigenvalue weighted by molar-refractivity contribution is -0.118. The first-order valence-electron chi connectivity index (χ1n) is 11.4. The summed E-state index contributed by atoms with van der Waals surface area (Å²) in [5.74, 6) is 0.845. The number of hydrogen-bond acceptors (Lipinski definition) is 3. The Bertz CT molecular complexity index is 1220. The van der Waals surface area contributed by atoms with Gasteiger partial charge < -0.3 is 10.1 Å². The van der Waals surface area contributed by atoms with Crippen molar-refractivity contribution in [3.8, 4) is 11.8 Å². The van der Waals surface area contributed by atoms with Crippen molar-refractivity contribution in [1.29, 1.82) is 5.26 Å². The molecular weight excluding hydrogens is 476 g/mol. The smallest absolute Gasteiger partial charge is 0.262 e. The van der Waals surface area contributed by atoms with Gasteiger partial charge in [0.25, 0.3) is 5.91 Å². The van der Waals surface area contributed by atoms with Crippen LogP contribution < -0.4 is 10.1 Å². The highest BCUT2D eigenvalue weighted by Gasteiger charge is 2.24. The van der Waals surface area contributed by atoms with E-state index in [0.717, 1.165) is 34.9 Å². The number of rotatable bonds is 6. The minimum atomic E-state index is -0.302. The highest BCUT2D eigenvalue weighted by atomic mass is 79.9. The Balaban J connectivity index is 1.45. The molecule has 33 heavy (non-hydrogen) atoms. The molecule has 2 atom stereocenters. The molecule has 0 heterocycles. The molecule has 0 bridgehead atoms. The van der Waals surface area contributed by atoms with Crippen LogP contribution in [0.4, 0.5) is 0 Å². The standard InChI is InChI=1S/C28H27BrN2O2/c1-19-7-2-5-12-26(19)31-28(32)23(17-30)15-20-13-14-27(25(29)16-20)33-18-22-10-6-9-21-8-3-4-11-24(21)22/h3-4,6,8-11,13-16,19,26H,2,5,7,12,18H2,1H3,(H,31,32)/b23-15+/t19-,26+/m1/s1. The molecule has 3 aromatic rings. The van der Waals surface area contributed by atoms with E-state index in [1.165, 1.54) is 17.2 Å². The molecule has 0 radical (unpaired) electrons. The number of ether oxygens (including phenoxy) is 1. The van der Waals surface area contributed by atoms with Gasteiger partial charge in [-0.15, -0.1) is 0 Å². The van der Waals surface area contributed by atoms with E-state index in [1.807, 2.05) is 36.4 Å². The minimum Gasteiger partial charge on any atom is -0.488 e. The van der Waals surface area contributed by atoms with Crippen LogP contribution in [0, 0.1) is 17.2 Å². The number of fused-ring (bicyclic) bond motifs is 1. The summed E-state index contributed by atoms with van der Waals surface area (Å²) in [5.41, 5.74) is 2.00. The van der Waals surface area contributed by atoms with Crippen molar-refractivity contribution in [2.45, 2.75) is 45.3 Å². The van der Waals surface area contributed by atoms with Gasteiger partial charge in [0.05, 0.1) is 4.47 Å². The van der Waals surface area contributed by atoms with Crippen LogP contribution in [-0.2, 0) is 11.4 Å². The molecule has 5 heteroatoms. The summed E-state index contributed by atoms with van der Waals surface area (Å²) in [6.07, 6.45) is 6.04. The molecule has 0 aliphatic heterocycles. The number of nitrogens with zero attached hydrogens (tertiary/aromatic N) is 1. The zero-order chi connectivity index (χ0) is 23.2. The molecule has 1 saturated carbocycles. The molecule has 1 aliphatic rings. The van der Waals surface area contributed by atoms with E-state index in [1.54, 1.807) is 6.08 Å². The van der Waals surface area contributed by atoms with Gasteiger partial charge >= 0.3 is 0 Å². The lowest BCUT2D eigenvalue weighted by atomic mass is 9.86. The maximum atomic E-state index is 12.7. The number of carbonyl (C=O) groups is 1. The fraction of sp³-hybridized carbons (Fsp3) is 0.286. The largest absolute Gasteiger partial charge is 0.488 e. The third-order valence-corrected chi connectivity index (χ3v) is 6.94. The first kappa shape index (κ1) is 23.1. The van der Waals surface area contributed by atoms with Crippen LogP contribution in [0.15, 0.2) is 70.7 Å². The van der Waals surface area contributed by atoms with Crippen LogP contribution >= 0.6 is 15.9 Å². The number of nitriles is 1. The SMILES string of the molecule is C[C@@H]1CCCC[C@@H]1NC(=O)/C(C#N)=C/c1ccc(OCc2cccc3ccccc23)c(Br)c1. The molecule has 0 spiro atoms. The number of benzene rings is 3. The van der Waals surface area contributed by atoms with E-state index in [0.29, 0.717) is 18.3 Å². The minimum absolute atomic E-state index is 0.115. The van der Waals surface area contributed by atoms with Crippen molar-refractivity contribution in [3.63, 3.8) is 0 Å². The monoisotopic (exact) mass is 502 g/mol. The number of amides is 1. The summed E-state index contributed by atoms with van der Waals surface area (Å²) < 4.78 is 6.84. The van der Waals surface area contributed by atoms with Gasteiger partial charge in [0.1, 0.15) is 24.0 Å². The topological polar surface area (TPSA) is 62.1 Å². The average molecular weight is 503 g/mol. The number of nitrogens with one attached hydrogen (secondary N) is 1. The van der Waals surface area contributed by atoms with Crippen molar-refractivity contribution in [1.82, 2.24) is 5.32 Å². The van der Waals surface area contributed by atoms with Gasteiger partial charge in [-0.05, 0) is 74.8 Å². The number of hydrogen-bond donors (Lipinski definition) is 1. The maximum Gasteiger partial charge on any atom is 0.262 e. The van der Waals surface area contributed by atoms with Gasteiger partial charge in [-0.1, -0.05) is 68.3 Å². The fourth-order valence-corrected chi connectivity index (χ4v) is 4.90. The Morgan fingerprint density at radius 1 is 1.15 bits per heavy atom. The molecule has 1 amide bonds. The fourth-order valence-electron chi connectivity index (χ4n) is 4.39. The van der Waals surface area contributed by atoms with Crippen molar-refractivity contribution in [2.75, 3.05) is 0 Å². The van der Waals surface area contributed by atoms with Gasteiger partial charge in [-0.25, -0.2) is 0 Å². The van der Waals surface area contributed by atoms with Gasteiger partial charge in [0.15, 0.2) is 0 Å². The Kier molecular flexibility index (Phi) is 7.47. The Morgan fingerprint density at radius 2 is 1.94 bits per heavy atom. The highest BCUT2D eigenvalue weighted by Crippen LogP contribution is 2.29. The summed E-state index contributed by atoms with van der Waals surface area (Å²) in [6, 6.07) is 22.2. The van der Waals surface area contributed by atoms with Gasteiger partial charge in [-0.2, -0.15) is 5.26 Å². The van der Waals surface area contributed by atoms with E-state index in [4.69, 9.17) is 4.74 Å². The quantitative estimate of drug-likeness (QED) is 0.298. The summed E-state index contributed by atoms with van der Waals surface area (Å²) in [4.78, 5) is 12.7. The Morgan fingerprint density at radius 3 is 2.73 bits per heavy atom. The molecule has 0 unspecified atom stereocenters. The summed E-state index contributed by atoms with van der Waals surface area (Å²) >= 11 is 3.57. The van der Waals surface area contributed by atoms with Gasteiger partial charge in [-0.3, -0.25) is 4.79 Å². The van der Waals surface area contributed by atoms with Gasteiger partial charge in [0.2, 0.25) is 0 Å². The third-order valence-electron chi connectivity index (χ3n) is 6.32. The molecule has 168 valence electrons. The molecule has 4 rings (SSSR count). The van der Waals surface area contributed by atoms with Crippen LogP contribution in [0.5, 0.6) is 5.75 Å². The van der Waals surface area contributed by atoms with Crippen LogP contribution in [-0.4, -0.2) is 11.9 Å². The summed E-state index contributed by atoms with van der Waals surface area (Å²) in [7, 11) is 0. The first-order chi connectivity index (χ1) is 16.0.